The molecule has 0 radical (unpaired) electrons. The van der Waals surface area contributed by atoms with Gasteiger partial charge in [-0.25, -0.2) is 4.98 Å². The molecule has 0 unspecified atom stereocenters. The summed E-state index contributed by atoms with van der Waals surface area (Å²) in [5.41, 5.74) is 2.95. The molecule has 0 aliphatic carbocycles. The molecule has 2 aromatic heterocycles. The predicted octanol–water partition coefficient (Wildman–Crippen LogP) is 3.89. The standard InChI is InChI=1S/C16H18N2O2/c1-10(2)17-8-13-16(19-9-18-13)15-7-12-6-11(3)4-5-14(12)20-15/h4-7,9-10,17H,8H2,1-3H3. The van der Waals surface area contributed by atoms with Crippen LogP contribution in [0.2, 0.25) is 0 Å². The van der Waals surface area contributed by atoms with E-state index in [1.165, 1.54) is 12.0 Å². The van der Waals surface area contributed by atoms with Gasteiger partial charge in [-0.05, 0) is 25.1 Å². The van der Waals surface area contributed by atoms with Crippen LogP contribution in [0.4, 0.5) is 0 Å². The second kappa shape index (κ2) is 5.13. The normalized spacial score (nSPS) is 11.6. The summed E-state index contributed by atoms with van der Waals surface area (Å²) >= 11 is 0. The number of aryl methyl sites for hydroxylation is 1. The third kappa shape index (κ3) is 2.47. The fourth-order valence-corrected chi connectivity index (χ4v) is 2.17. The van der Waals surface area contributed by atoms with Gasteiger partial charge in [0.15, 0.2) is 17.9 Å². The van der Waals surface area contributed by atoms with Crippen molar-refractivity contribution in [2.45, 2.75) is 33.4 Å². The number of nitrogens with zero attached hydrogens (tertiary/aromatic N) is 1. The number of hydrogen-bond acceptors (Lipinski definition) is 4. The van der Waals surface area contributed by atoms with Crippen LogP contribution < -0.4 is 5.32 Å². The van der Waals surface area contributed by atoms with Gasteiger partial charge in [0, 0.05) is 18.0 Å². The fraction of sp³-hybridized carbons (Fsp3) is 0.312. The van der Waals surface area contributed by atoms with E-state index < -0.39 is 0 Å². The monoisotopic (exact) mass is 270 g/mol. The fourth-order valence-electron chi connectivity index (χ4n) is 2.17. The largest absolute Gasteiger partial charge is 0.453 e. The molecule has 4 heteroatoms. The van der Waals surface area contributed by atoms with Crippen molar-refractivity contribution >= 4 is 11.0 Å². The van der Waals surface area contributed by atoms with E-state index in [-0.39, 0.29) is 0 Å². The Labute approximate surface area is 117 Å². The third-order valence-corrected chi connectivity index (χ3v) is 3.21. The zero-order valence-electron chi connectivity index (χ0n) is 11.9. The summed E-state index contributed by atoms with van der Waals surface area (Å²) in [4.78, 5) is 4.26. The van der Waals surface area contributed by atoms with Crippen LogP contribution in [0.5, 0.6) is 0 Å². The van der Waals surface area contributed by atoms with Crippen LogP contribution in [-0.2, 0) is 6.54 Å². The number of aromatic nitrogens is 1. The van der Waals surface area contributed by atoms with E-state index >= 15 is 0 Å². The average Bonchev–Trinajstić information content (AvgIpc) is 3.01. The van der Waals surface area contributed by atoms with Gasteiger partial charge in [0.25, 0.3) is 0 Å². The molecule has 0 atom stereocenters. The molecule has 2 heterocycles. The number of oxazole rings is 1. The summed E-state index contributed by atoms with van der Waals surface area (Å²) < 4.78 is 11.4. The highest BCUT2D eigenvalue weighted by Crippen LogP contribution is 2.30. The van der Waals surface area contributed by atoms with E-state index in [1.54, 1.807) is 0 Å². The molecule has 0 spiro atoms. The summed E-state index contributed by atoms with van der Waals surface area (Å²) in [6, 6.07) is 8.53. The topological polar surface area (TPSA) is 51.2 Å². The lowest BCUT2D eigenvalue weighted by atomic mass is 10.2. The Bertz CT molecular complexity index is 725. The molecular weight excluding hydrogens is 252 g/mol. The molecule has 0 bridgehead atoms. The first-order chi connectivity index (χ1) is 9.63. The van der Waals surface area contributed by atoms with Crippen LogP contribution in [0.25, 0.3) is 22.5 Å². The van der Waals surface area contributed by atoms with Crippen molar-refractivity contribution < 1.29 is 8.83 Å². The minimum atomic E-state index is 0.401. The molecule has 104 valence electrons. The molecule has 1 aromatic carbocycles. The van der Waals surface area contributed by atoms with Crippen LogP contribution in [0.15, 0.2) is 39.5 Å². The summed E-state index contributed by atoms with van der Waals surface area (Å²) in [5, 5.41) is 4.42. The number of fused-ring (bicyclic) bond motifs is 1. The van der Waals surface area contributed by atoms with Crippen LogP contribution in [0.3, 0.4) is 0 Å². The second-order valence-corrected chi connectivity index (χ2v) is 5.32. The van der Waals surface area contributed by atoms with Gasteiger partial charge in [-0.1, -0.05) is 25.5 Å². The van der Waals surface area contributed by atoms with Gasteiger partial charge < -0.3 is 14.2 Å². The molecule has 4 nitrogen and oxygen atoms in total. The minimum absolute atomic E-state index is 0.401. The maximum absolute atomic E-state index is 5.85. The molecule has 0 aliphatic rings. The Morgan fingerprint density at radius 2 is 2.10 bits per heavy atom. The van der Waals surface area contributed by atoms with Crippen LogP contribution >= 0.6 is 0 Å². The smallest absolute Gasteiger partial charge is 0.194 e. The number of hydrogen-bond donors (Lipinski definition) is 1. The van der Waals surface area contributed by atoms with E-state index in [4.69, 9.17) is 8.83 Å². The summed E-state index contributed by atoms with van der Waals surface area (Å²) in [7, 11) is 0. The van der Waals surface area contributed by atoms with Crippen molar-refractivity contribution in [3.8, 4) is 11.5 Å². The van der Waals surface area contributed by atoms with Gasteiger partial charge in [-0.15, -0.1) is 0 Å². The van der Waals surface area contributed by atoms with E-state index in [0.717, 1.165) is 22.4 Å². The van der Waals surface area contributed by atoms with Gasteiger partial charge in [-0.2, -0.15) is 0 Å². The first-order valence-electron chi connectivity index (χ1n) is 6.80. The molecule has 3 rings (SSSR count). The highest BCUT2D eigenvalue weighted by atomic mass is 16.4. The number of rotatable bonds is 4. The zero-order valence-corrected chi connectivity index (χ0v) is 11.9. The third-order valence-electron chi connectivity index (χ3n) is 3.21. The molecular formula is C16H18N2O2. The van der Waals surface area contributed by atoms with Crippen LogP contribution in [0.1, 0.15) is 25.1 Å². The first kappa shape index (κ1) is 12.9. The Morgan fingerprint density at radius 3 is 2.90 bits per heavy atom. The molecule has 0 aliphatic heterocycles. The Hall–Kier alpha value is -2.07. The summed E-state index contributed by atoms with van der Waals surface area (Å²) in [6.45, 7) is 6.94. The highest BCUT2D eigenvalue weighted by Gasteiger charge is 2.15. The lowest BCUT2D eigenvalue weighted by molar-refractivity contribution is 0.531. The van der Waals surface area contributed by atoms with Gasteiger partial charge in [0.05, 0.1) is 0 Å². The maximum atomic E-state index is 5.85. The van der Waals surface area contributed by atoms with Crippen molar-refractivity contribution in [2.24, 2.45) is 0 Å². The predicted molar refractivity (Wildman–Crippen MR) is 78.4 cm³/mol. The van der Waals surface area contributed by atoms with Gasteiger partial charge >= 0.3 is 0 Å². The lowest BCUT2D eigenvalue weighted by Crippen LogP contribution is -2.22. The van der Waals surface area contributed by atoms with E-state index in [1.807, 2.05) is 18.2 Å². The number of furan rings is 1. The van der Waals surface area contributed by atoms with E-state index in [0.29, 0.717) is 18.3 Å². The SMILES string of the molecule is Cc1ccc2oc(-c3ocnc3CNC(C)C)cc2c1. The molecule has 0 saturated heterocycles. The first-order valence-corrected chi connectivity index (χ1v) is 6.80. The molecule has 3 aromatic rings. The van der Waals surface area contributed by atoms with Crippen molar-refractivity contribution in [1.29, 1.82) is 0 Å². The van der Waals surface area contributed by atoms with Crippen molar-refractivity contribution in [3.63, 3.8) is 0 Å². The zero-order chi connectivity index (χ0) is 14.1. The summed E-state index contributed by atoms with van der Waals surface area (Å²) in [5.74, 6) is 1.43. The quantitative estimate of drug-likeness (QED) is 0.781. The van der Waals surface area contributed by atoms with Gasteiger partial charge in [0.2, 0.25) is 0 Å². The molecule has 20 heavy (non-hydrogen) atoms. The second-order valence-electron chi connectivity index (χ2n) is 5.32. The van der Waals surface area contributed by atoms with Gasteiger partial charge in [0.1, 0.15) is 11.3 Å². The number of benzene rings is 1. The van der Waals surface area contributed by atoms with Crippen LogP contribution in [0, 0.1) is 6.92 Å². The van der Waals surface area contributed by atoms with Gasteiger partial charge in [-0.3, -0.25) is 0 Å². The van der Waals surface area contributed by atoms with Crippen molar-refractivity contribution in [3.05, 3.63) is 41.9 Å². The Balaban J connectivity index is 1.96. The van der Waals surface area contributed by atoms with Crippen molar-refractivity contribution in [1.82, 2.24) is 10.3 Å². The summed E-state index contributed by atoms with van der Waals surface area (Å²) in [6.07, 6.45) is 1.46. The highest BCUT2D eigenvalue weighted by molar-refractivity contribution is 5.82. The Morgan fingerprint density at radius 1 is 1.25 bits per heavy atom. The molecule has 1 N–H and O–H groups in total. The van der Waals surface area contributed by atoms with E-state index in [2.05, 4.69) is 37.1 Å². The lowest BCUT2D eigenvalue weighted by Gasteiger charge is -2.05. The molecule has 0 amide bonds. The van der Waals surface area contributed by atoms with Crippen molar-refractivity contribution in [2.75, 3.05) is 0 Å². The number of nitrogens with one attached hydrogen (secondary N) is 1. The maximum Gasteiger partial charge on any atom is 0.194 e. The molecule has 0 fully saturated rings. The Kier molecular flexibility index (Phi) is 3.32. The molecule has 0 saturated carbocycles. The van der Waals surface area contributed by atoms with Crippen LogP contribution in [-0.4, -0.2) is 11.0 Å². The van der Waals surface area contributed by atoms with E-state index in [9.17, 15) is 0 Å². The average molecular weight is 270 g/mol. The minimum Gasteiger partial charge on any atom is -0.453 e.